The van der Waals surface area contributed by atoms with Crippen molar-refractivity contribution in [2.75, 3.05) is 43.1 Å². The lowest BCUT2D eigenvalue weighted by Crippen LogP contribution is -2.54. The number of carbonyl (C=O) groups is 5. The van der Waals surface area contributed by atoms with Gasteiger partial charge < -0.3 is 30.7 Å². The van der Waals surface area contributed by atoms with Crippen LogP contribution in [0.2, 0.25) is 0 Å². The molecule has 0 bridgehead atoms. The normalized spacial score (nSPS) is 18.7. The minimum absolute atomic E-state index is 0.0143. The van der Waals surface area contributed by atoms with E-state index in [9.17, 15) is 37.1 Å². The average Bonchev–Trinajstić information content (AvgIpc) is 3.74. The SMILES string of the molecule is COc1cc2nc(C)nc(N[C@H](C)c3cc(N)cc(C(F)(F)F)c3)c2cc1O[C@H]1CCN(C(=O)CCCNc2ccc3c(c2)C(=O)N(C2CCC(=O)NC2=O)C3=O)C1. The van der Waals surface area contributed by atoms with Gasteiger partial charge in [-0.15, -0.1) is 0 Å². The van der Waals surface area contributed by atoms with Gasteiger partial charge in [-0.05, 0) is 74.7 Å². The molecule has 3 aliphatic heterocycles. The zero-order valence-corrected chi connectivity index (χ0v) is 31.9. The fourth-order valence-electron chi connectivity index (χ4n) is 7.43. The number of benzene rings is 3. The summed E-state index contributed by atoms with van der Waals surface area (Å²) in [4.78, 5) is 74.9. The molecule has 4 aromatic rings. The Labute approximate surface area is 330 Å². The molecule has 5 amide bonds. The zero-order valence-electron chi connectivity index (χ0n) is 31.9. The standard InChI is InChI=1S/C40H41F3N8O7/c1-20(22-13-23(40(41,42)43)15-24(44)14-22)46-36-29-17-33(32(57-3)18-30(29)47-21(2)48-36)58-26-10-12-50(19-26)35(53)5-4-11-45-25-6-7-27-28(16-25)39(56)51(38(27)55)31-8-9-34(52)49-37(31)54/h6-7,13-18,20,26,31,45H,4-5,8-12,19,44H2,1-3H3,(H,46,47,48)(H,49,52,54)/t20-,26+,31?/m1/s1. The molecule has 3 aromatic carbocycles. The van der Waals surface area contributed by atoms with Gasteiger partial charge in [-0.25, -0.2) is 9.97 Å². The van der Waals surface area contributed by atoms with Gasteiger partial charge in [0.1, 0.15) is 23.8 Å². The number of carbonyl (C=O) groups excluding carboxylic acids is 5. The monoisotopic (exact) mass is 802 g/mol. The summed E-state index contributed by atoms with van der Waals surface area (Å²) in [7, 11) is 1.50. The highest BCUT2D eigenvalue weighted by Crippen LogP contribution is 2.38. The number of hydrogen-bond donors (Lipinski definition) is 4. The molecule has 304 valence electrons. The molecular formula is C40H41F3N8O7. The Hall–Kier alpha value is -6.46. The molecule has 2 saturated heterocycles. The Morgan fingerprint density at radius 1 is 1.02 bits per heavy atom. The second kappa shape index (κ2) is 15.8. The fourth-order valence-corrected chi connectivity index (χ4v) is 7.43. The maximum absolute atomic E-state index is 13.5. The Bertz CT molecular complexity index is 2340. The van der Waals surface area contributed by atoms with Crippen LogP contribution in [0.25, 0.3) is 10.9 Å². The number of hydrogen-bond acceptors (Lipinski definition) is 12. The number of aryl methyl sites for hydroxylation is 1. The number of rotatable bonds is 12. The van der Waals surface area contributed by atoms with Crippen LogP contribution < -0.4 is 31.2 Å². The molecule has 3 aliphatic rings. The summed E-state index contributed by atoms with van der Waals surface area (Å²) >= 11 is 0. The van der Waals surface area contributed by atoms with Crippen LogP contribution in [0.15, 0.2) is 48.5 Å². The van der Waals surface area contributed by atoms with E-state index >= 15 is 0 Å². The topological polar surface area (TPSA) is 198 Å². The van der Waals surface area contributed by atoms with E-state index in [2.05, 4.69) is 25.9 Å². The Kier molecular flexibility index (Phi) is 10.8. The molecule has 58 heavy (non-hydrogen) atoms. The first-order valence-corrected chi connectivity index (χ1v) is 18.7. The van der Waals surface area contributed by atoms with Crippen LogP contribution in [0.4, 0.5) is 30.4 Å². The van der Waals surface area contributed by atoms with Crippen LogP contribution in [0, 0.1) is 6.92 Å². The van der Waals surface area contributed by atoms with Crippen LogP contribution in [-0.2, 0) is 20.6 Å². The number of nitrogens with zero attached hydrogens (tertiary/aromatic N) is 4. The van der Waals surface area contributed by atoms with E-state index in [1.807, 2.05) is 0 Å². The van der Waals surface area contributed by atoms with Crippen LogP contribution in [-0.4, -0.2) is 88.2 Å². The van der Waals surface area contributed by atoms with Gasteiger partial charge in [0.05, 0.1) is 41.9 Å². The molecule has 1 unspecified atom stereocenters. The smallest absolute Gasteiger partial charge is 0.416 e. The number of halogens is 3. The number of nitrogen functional groups attached to an aromatic ring is 1. The van der Waals surface area contributed by atoms with Crippen molar-refractivity contribution in [3.63, 3.8) is 0 Å². The molecule has 5 N–H and O–H groups in total. The quantitative estimate of drug-likeness (QED) is 0.0852. The van der Waals surface area contributed by atoms with Crippen LogP contribution in [0.1, 0.15) is 82.7 Å². The number of ether oxygens (including phenoxy) is 2. The molecule has 18 heteroatoms. The van der Waals surface area contributed by atoms with Gasteiger partial charge in [-0.2, -0.15) is 13.2 Å². The first-order valence-electron chi connectivity index (χ1n) is 18.7. The van der Waals surface area contributed by atoms with Crippen molar-refractivity contribution in [2.45, 2.75) is 70.3 Å². The number of alkyl halides is 3. The summed E-state index contributed by atoms with van der Waals surface area (Å²) in [6, 6.07) is 9.90. The second-order valence-electron chi connectivity index (χ2n) is 14.5. The van der Waals surface area contributed by atoms with Crippen LogP contribution in [0.5, 0.6) is 11.5 Å². The minimum Gasteiger partial charge on any atom is -0.493 e. The zero-order chi connectivity index (χ0) is 41.5. The molecule has 3 atom stereocenters. The molecule has 7 rings (SSSR count). The summed E-state index contributed by atoms with van der Waals surface area (Å²) in [6.45, 7) is 4.63. The summed E-state index contributed by atoms with van der Waals surface area (Å²) in [5, 5.41) is 9.14. The Morgan fingerprint density at radius 3 is 2.53 bits per heavy atom. The summed E-state index contributed by atoms with van der Waals surface area (Å²) in [5.41, 5.74) is 6.72. The van der Waals surface area contributed by atoms with Crippen molar-refractivity contribution < 1.29 is 46.6 Å². The van der Waals surface area contributed by atoms with Gasteiger partial charge in [0.2, 0.25) is 17.7 Å². The third-order valence-corrected chi connectivity index (χ3v) is 10.4. The molecule has 1 aromatic heterocycles. The van der Waals surface area contributed by atoms with Crippen molar-refractivity contribution in [1.29, 1.82) is 0 Å². The van der Waals surface area contributed by atoms with E-state index < -0.39 is 47.5 Å². The number of nitrogens with two attached hydrogens (primary N) is 1. The van der Waals surface area contributed by atoms with Crippen molar-refractivity contribution in [2.24, 2.45) is 0 Å². The van der Waals surface area contributed by atoms with E-state index in [4.69, 9.17) is 15.2 Å². The number of nitrogens with one attached hydrogen (secondary N) is 3. The molecule has 0 aliphatic carbocycles. The number of anilines is 3. The highest BCUT2D eigenvalue weighted by molar-refractivity contribution is 6.23. The van der Waals surface area contributed by atoms with Gasteiger partial charge in [-0.3, -0.25) is 34.2 Å². The maximum Gasteiger partial charge on any atom is 0.416 e. The van der Waals surface area contributed by atoms with Gasteiger partial charge in [-0.1, -0.05) is 0 Å². The lowest BCUT2D eigenvalue weighted by molar-refractivity contribution is -0.138. The molecule has 15 nitrogen and oxygen atoms in total. The van der Waals surface area contributed by atoms with Gasteiger partial charge in [0.25, 0.3) is 11.8 Å². The minimum atomic E-state index is -4.56. The molecule has 0 spiro atoms. The summed E-state index contributed by atoms with van der Waals surface area (Å²) < 4.78 is 52.6. The van der Waals surface area contributed by atoms with E-state index in [1.54, 1.807) is 43.0 Å². The third kappa shape index (κ3) is 8.17. The van der Waals surface area contributed by atoms with Gasteiger partial charge >= 0.3 is 6.18 Å². The van der Waals surface area contributed by atoms with Gasteiger partial charge in [0.15, 0.2) is 11.5 Å². The highest BCUT2D eigenvalue weighted by atomic mass is 19.4. The number of piperidine rings is 1. The van der Waals surface area contributed by atoms with E-state index in [1.165, 1.54) is 19.2 Å². The van der Waals surface area contributed by atoms with E-state index in [0.29, 0.717) is 77.8 Å². The predicted molar refractivity (Wildman–Crippen MR) is 205 cm³/mol. The number of imide groups is 2. The van der Waals surface area contributed by atoms with E-state index in [-0.39, 0.29) is 48.1 Å². The largest absolute Gasteiger partial charge is 0.493 e. The fraction of sp³-hybridized carbons (Fsp3) is 0.375. The Morgan fingerprint density at radius 2 is 1.79 bits per heavy atom. The molecule has 2 fully saturated rings. The molecule has 0 saturated carbocycles. The maximum atomic E-state index is 13.5. The van der Waals surface area contributed by atoms with Gasteiger partial charge in [0, 0.05) is 55.2 Å². The van der Waals surface area contributed by atoms with Crippen LogP contribution in [0.3, 0.4) is 0 Å². The first kappa shape index (κ1) is 39.8. The number of amides is 5. The first-order chi connectivity index (χ1) is 27.6. The highest BCUT2D eigenvalue weighted by Gasteiger charge is 2.44. The second-order valence-corrected chi connectivity index (χ2v) is 14.5. The lowest BCUT2D eigenvalue weighted by atomic mass is 10.0. The van der Waals surface area contributed by atoms with Crippen molar-refractivity contribution in [3.8, 4) is 11.5 Å². The number of likely N-dealkylation sites (tertiary alicyclic amines) is 1. The molecule has 4 heterocycles. The summed E-state index contributed by atoms with van der Waals surface area (Å²) in [5.74, 6) is -0.764. The lowest BCUT2D eigenvalue weighted by Gasteiger charge is -2.27. The predicted octanol–water partition coefficient (Wildman–Crippen LogP) is 4.99. The number of aromatic nitrogens is 2. The molecular weight excluding hydrogens is 761 g/mol. The third-order valence-electron chi connectivity index (χ3n) is 10.4. The number of methoxy groups -OCH3 is 1. The Balaban J connectivity index is 0.949. The number of fused-ring (bicyclic) bond motifs is 2. The van der Waals surface area contributed by atoms with E-state index in [0.717, 1.165) is 17.0 Å². The summed E-state index contributed by atoms with van der Waals surface area (Å²) in [6.07, 6.45) is -3.53. The molecule has 0 radical (unpaired) electrons. The van der Waals surface area contributed by atoms with Crippen molar-refractivity contribution >= 4 is 57.6 Å². The van der Waals surface area contributed by atoms with Crippen molar-refractivity contribution in [3.05, 3.63) is 76.6 Å². The van der Waals surface area contributed by atoms with Crippen molar-refractivity contribution in [1.82, 2.24) is 25.1 Å². The van der Waals surface area contributed by atoms with Crippen LogP contribution >= 0.6 is 0 Å². The average molecular weight is 803 g/mol.